The summed E-state index contributed by atoms with van der Waals surface area (Å²) in [6, 6.07) is 5.91. The van der Waals surface area contributed by atoms with Crippen molar-refractivity contribution in [2.45, 2.75) is 12.8 Å². The average molecular weight is 492 g/mol. The smallest absolute Gasteiger partial charge is 0.191 e. The summed E-state index contributed by atoms with van der Waals surface area (Å²) in [6.45, 7) is 6.42. The van der Waals surface area contributed by atoms with Crippen molar-refractivity contribution in [1.82, 2.24) is 15.5 Å². The maximum absolute atomic E-state index is 5.43. The van der Waals surface area contributed by atoms with E-state index in [9.17, 15) is 0 Å². The highest BCUT2D eigenvalue weighted by Crippen LogP contribution is 2.24. The van der Waals surface area contributed by atoms with Crippen LogP contribution in [0.15, 0.2) is 23.2 Å². The van der Waals surface area contributed by atoms with Gasteiger partial charge in [-0.3, -0.25) is 9.89 Å². The summed E-state index contributed by atoms with van der Waals surface area (Å²) in [6.07, 6.45) is 1.89. The van der Waals surface area contributed by atoms with Crippen LogP contribution in [0.4, 0.5) is 0 Å². The Labute approximate surface area is 179 Å². The van der Waals surface area contributed by atoms with Crippen molar-refractivity contribution >= 4 is 29.9 Å². The van der Waals surface area contributed by atoms with Crippen LogP contribution in [0.3, 0.4) is 0 Å². The Morgan fingerprint density at radius 2 is 1.89 bits per heavy atom. The number of morpholine rings is 1. The number of hydrogen-bond acceptors (Lipinski definition) is 5. The molecular weight excluding hydrogens is 459 g/mol. The van der Waals surface area contributed by atoms with Gasteiger partial charge in [0.25, 0.3) is 0 Å². The number of nitrogens with zero attached hydrogens (tertiary/aromatic N) is 2. The van der Waals surface area contributed by atoms with Crippen LogP contribution < -0.4 is 20.1 Å². The first-order valence-corrected chi connectivity index (χ1v) is 9.22. The van der Waals surface area contributed by atoms with E-state index in [1.54, 1.807) is 21.3 Å². The third-order valence-electron chi connectivity index (χ3n) is 4.45. The Morgan fingerprint density at radius 1 is 1.15 bits per heavy atom. The van der Waals surface area contributed by atoms with Gasteiger partial charge >= 0.3 is 0 Å². The molecule has 1 aromatic rings. The number of aliphatic imine (C=N–C) groups is 1. The molecular formula is C19H33IN4O3. The van der Waals surface area contributed by atoms with Crippen LogP contribution in [-0.2, 0) is 11.2 Å². The van der Waals surface area contributed by atoms with E-state index in [1.165, 1.54) is 0 Å². The molecule has 27 heavy (non-hydrogen) atoms. The molecule has 1 fully saturated rings. The minimum Gasteiger partial charge on any atom is -0.497 e. The molecule has 0 unspecified atom stereocenters. The predicted molar refractivity (Wildman–Crippen MR) is 120 cm³/mol. The van der Waals surface area contributed by atoms with Gasteiger partial charge in [-0.15, -0.1) is 24.0 Å². The SMILES string of the molecule is CN=C(NCCCc1cc(OC)ccc1OC)NCCN1CCOCC1.I. The number of aryl methyl sites for hydroxylation is 1. The lowest BCUT2D eigenvalue weighted by Gasteiger charge is -2.26. The summed E-state index contributed by atoms with van der Waals surface area (Å²) in [5.74, 6) is 2.60. The Morgan fingerprint density at radius 3 is 2.56 bits per heavy atom. The molecule has 1 aliphatic rings. The number of nitrogens with one attached hydrogen (secondary N) is 2. The summed E-state index contributed by atoms with van der Waals surface area (Å²) < 4.78 is 16.1. The van der Waals surface area contributed by atoms with Crippen molar-refractivity contribution in [1.29, 1.82) is 0 Å². The van der Waals surface area contributed by atoms with Gasteiger partial charge < -0.3 is 24.8 Å². The molecule has 0 amide bonds. The number of ether oxygens (including phenoxy) is 3. The molecule has 0 aromatic heterocycles. The molecule has 1 aromatic carbocycles. The lowest BCUT2D eigenvalue weighted by Crippen LogP contribution is -2.44. The van der Waals surface area contributed by atoms with Gasteiger partial charge in [-0.1, -0.05) is 0 Å². The van der Waals surface area contributed by atoms with Crippen LogP contribution in [-0.4, -0.2) is 78.1 Å². The van der Waals surface area contributed by atoms with E-state index < -0.39 is 0 Å². The molecule has 1 heterocycles. The topological polar surface area (TPSA) is 67.4 Å². The summed E-state index contributed by atoms with van der Waals surface area (Å²) in [4.78, 5) is 6.68. The largest absolute Gasteiger partial charge is 0.497 e. The van der Waals surface area contributed by atoms with Crippen LogP contribution in [0.2, 0.25) is 0 Å². The fourth-order valence-corrected chi connectivity index (χ4v) is 2.94. The van der Waals surface area contributed by atoms with E-state index in [1.807, 2.05) is 18.2 Å². The van der Waals surface area contributed by atoms with Crippen molar-refractivity contribution in [3.63, 3.8) is 0 Å². The van der Waals surface area contributed by atoms with Crippen LogP contribution in [0.25, 0.3) is 0 Å². The van der Waals surface area contributed by atoms with E-state index in [0.717, 1.165) is 81.8 Å². The molecule has 7 nitrogen and oxygen atoms in total. The standard InChI is InChI=1S/C19H32N4O3.HI/c1-20-19(22-9-10-23-11-13-26-14-12-23)21-8-4-5-16-15-17(24-2)6-7-18(16)25-3;/h6-7,15H,4-5,8-14H2,1-3H3,(H2,20,21,22);1H. The number of methoxy groups -OCH3 is 2. The van der Waals surface area contributed by atoms with Gasteiger partial charge in [0.2, 0.25) is 0 Å². The number of guanidine groups is 1. The fraction of sp³-hybridized carbons (Fsp3) is 0.632. The van der Waals surface area contributed by atoms with Crippen molar-refractivity contribution in [2.75, 3.05) is 67.2 Å². The van der Waals surface area contributed by atoms with Gasteiger partial charge in [-0.25, -0.2) is 0 Å². The minimum absolute atomic E-state index is 0. The summed E-state index contributed by atoms with van der Waals surface area (Å²) in [7, 11) is 5.18. The van der Waals surface area contributed by atoms with Crippen LogP contribution >= 0.6 is 24.0 Å². The van der Waals surface area contributed by atoms with Gasteiger partial charge in [-0.05, 0) is 36.6 Å². The summed E-state index contributed by atoms with van der Waals surface area (Å²) >= 11 is 0. The van der Waals surface area contributed by atoms with E-state index in [2.05, 4.69) is 20.5 Å². The first kappa shape index (κ1) is 23.8. The van der Waals surface area contributed by atoms with Gasteiger partial charge in [0, 0.05) is 39.8 Å². The maximum atomic E-state index is 5.43. The normalized spacial score (nSPS) is 15.0. The molecule has 0 aliphatic carbocycles. The van der Waals surface area contributed by atoms with Crippen LogP contribution in [0.1, 0.15) is 12.0 Å². The molecule has 0 spiro atoms. The second-order valence-electron chi connectivity index (χ2n) is 6.16. The second-order valence-corrected chi connectivity index (χ2v) is 6.16. The third kappa shape index (κ3) is 8.52. The van der Waals surface area contributed by atoms with Crippen molar-refractivity contribution < 1.29 is 14.2 Å². The summed E-state index contributed by atoms with van der Waals surface area (Å²) in [5, 5.41) is 6.73. The molecule has 1 aliphatic heterocycles. The average Bonchev–Trinajstić information content (AvgIpc) is 2.70. The third-order valence-corrected chi connectivity index (χ3v) is 4.45. The Hall–Kier alpha value is -1.26. The Balaban J connectivity index is 0.00000364. The van der Waals surface area contributed by atoms with E-state index in [4.69, 9.17) is 14.2 Å². The monoisotopic (exact) mass is 492 g/mol. The zero-order valence-corrected chi connectivity index (χ0v) is 19.0. The maximum Gasteiger partial charge on any atom is 0.191 e. The van der Waals surface area contributed by atoms with Crippen molar-refractivity contribution in [2.24, 2.45) is 4.99 Å². The number of hydrogen-bond donors (Lipinski definition) is 2. The van der Waals surface area contributed by atoms with Crippen LogP contribution in [0, 0.1) is 0 Å². The highest BCUT2D eigenvalue weighted by molar-refractivity contribution is 14.0. The Bertz CT molecular complexity index is 566. The molecule has 1 saturated heterocycles. The zero-order chi connectivity index (χ0) is 18.6. The second kappa shape index (κ2) is 13.8. The molecule has 154 valence electrons. The van der Waals surface area contributed by atoms with E-state index in [0.29, 0.717) is 0 Å². The van der Waals surface area contributed by atoms with Gasteiger partial charge in [0.15, 0.2) is 5.96 Å². The molecule has 8 heteroatoms. The number of rotatable bonds is 9. The molecule has 0 saturated carbocycles. The summed E-state index contributed by atoms with van der Waals surface area (Å²) in [5.41, 5.74) is 1.16. The van der Waals surface area contributed by atoms with Gasteiger partial charge in [0.05, 0.1) is 27.4 Å². The highest BCUT2D eigenvalue weighted by Gasteiger charge is 2.09. The van der Waals surface area contributed by atoms with Crippen LogP contribution in [0.5, 0.6) is 11.5 Å². The fourth-order valence-electron chi connectivity index (χ4n) is 2.94. The lowest BCUT2D eigenvalue weighted by atomic mass is 10.1. The molecule has 2 N–H and O–H groups in total. The molecule has 0 radical (unpaired) electrons. The van der Waals surface area contributed by atoms with Crippen molar-refractivity contribution in [3.05, 3.63) is 23.8 Å². The zero-order valence-electron chi connectivity index (χ0n) is 16.6. The molecule has 2 rings (SSSR count). The number of halogens is 1. The lowest BCUT2D eigenvalue weighted by molar-refractivity contribution is 0.0389. The first-order chi connectivity index (χ1) is 12.8. The quantitative estimate of drug-likeness (QED) is 0.237. The predicted octanol–water partition coefficient (Wildman–Crippen LogP) is 1.75. The highest BCUT2D eigenvalue weighted by atomic mass is 127. The Kier molecular flexibility index (Phi) is 12.2. The van der Waals surface area contributed by atoms with Crippen molar-refractivity contribution in [3.8, 4) is 11.5 Å². The molecule has 0 bridgehead atoms. The first-order valence-electron chi connectivity index (χ1n) is 9.22. The minimum atomic E-state index is 0. The molecule has 0 atom stereocenters. The van der Waals surface area contributed by atoms with E-state index >= 15 is 0 Å². The number of benzene rings is 1. The van der Waals surface area contributed by atoms with Gasteiger partial charge in [0.1, 0.15) is 11.5 Å². The van der Waals surface area contributed by atoms with Gasteiger partial charge in [-0.2, -0.15) is 0 Å². The van der Waals surface area contributed by atoms with E-state index in [-0.39, 0.29) is 24.0 Å².